The van der Waals surface area contributed by atoms with Crippen molar-refractivity contribution in [3.63, 3.8) is 0 Å². The van der Waals surface area contributed by atoms with E-state index in [1.807, 2.05) is 37.2 Å². The number of benzene rings is 4. The molecule has 0 radical (unpaired) electrons. The van der Waals surface area contributed by atoms with Gasteiger partial charge in [0.15, 0.2) is 0 Å². The predicted molar refractivity (Wildman–Crippen MR) is 155 cm³/mol. The van der Waals surface area contributed by atoms with Crippen LogP contribution in [0.5, 0.6) is 0 Å². The van der Waals surface area contributed by atoms with Crippen molar-refractivity contribution in [2.45, 2.75) is 0 Å². The van der Waals surface area contributed by atoms with Crippen molar-refractivity contribution < 1.29 is 0 Å². The van der Waals surface area contributed by atoms with Crippen molar-refractivity contribution in [1.82, 2.24) is 30.6 Å². The molecule has 0 aliphatic heterocycles. The van der Waals surface area contributed by atoms with Crippen LogP contribution < -0.4 is 0 Å². The molecule has 0 amide bonds. The van der Waals surface area contributed by atoms with Crippen LogP contribution in [0.3, 0.4) is 0 Å². The lowest BCUT2D eigenvalue weighted by Crippen LogP contribution is -1.91. The lowest BCUT2D eigenvalue weighted by atomic mass is 9.87. The van der Waals surface area contributed by atoms with Crippen molar-refractivity contribution >= 4 is 0 Å². The maximum absolute atomic E-state index is 4.20. The van der Waals surface area contributed by atoms with Crippen LogP contribution in [-0.2, 0) is 0 Å². The monoisotopic (exact) mass is 504 g/mol. The van der Waals surface area contributed by atoms with Gasteiger partial charge in [-0.15, -0.1) is 0 Å². The highest BCUT2D eigenvalue weighted by Crippen LogP contribution is 2.41. The standard InChI is InChI=1S/C33H24N6/c1-4-10-31(25-16-34-35-17-25)28(7-1)22-13-23(29-8-2-5-11-32(29)26-18-36-37-19-26)15-24(14-22)30-9-3-6-12-33(30)27-20-38-39-21-27/h1-21H,(H,34,35)(H,36,37)(H,38,39). The Kier molecular flexibility index (Phi) is 5.68. The van der Waals surface area contributed by atoms with Crippen LogP contribution in [0, 0.1) is 0 Å². The van der Waals surface area contributed by atoms with Gasteiger partial charge in [0.05, 0.1) is 18.6 Å². The van der Waals surface area contributed by atoms with Crippen LogP contribution >= 0.6 is 0 Å². The molecule has 0 atom stereocenters. The quantitative estimate of drug-likeness (QED) is 0.215. The summed E-state index contributed by atoms with van der Waals surface area (Å²) in [6, 6.07) is 32.3. The van der Waals surface area contributed by atoms with E-state index in [4.69, 9.17) is 0 Å². The Labute approximate surface area is 225 Å². The smallest absolute Gasteiger partial charge is 0.0565 e. The van der Waals surface area contributed by atoms with Crippen LogP contribution in [0.1, 0.15) is 0 Å². The van der Waals surface area contributed by atoms with E-state index in [0.29, 0.717) is 0 Å². The summed E-state index contributed by atoms with van der Waals surface area (Å²) in [6.07, 6.45) is 11.4. The molecule has 3 aromatic heterocycles. The first-order valence-electron chi connectivity index (χ1n) is 12.8. The molecule has 3 heterocycles. The first kappa shape index (κ1) is 22.7. The molecule has 0 spiro atoms. The number of nitrogens with one attached hydrogen (secondary N) is 3. The second-order valence-corrected chi connectivity index (χ2v) is 9.40. The molecule has 6 nitrogen and oxygen atoms in total. The van der Waals surface area contributed by atoms with Crippen molar-refractivity contribution in [3.05, 3.63) is 128 Å². The van der Waals surface area contributed by atoms with Gasteiger partial charge in [0.2, 0.25) is 0 Å². The summed E-state index contributed by atoms with van der Waals surface area (Å²) in [5.74, 6) is 0. The summed E-state index contributed by atoms with van der Waals surface area (Å²) in [5, 5.41) is 21.5. The molecule has 7 rings (SSSR count). The third-order valence-electron chi connectivity index (χ3n) is 7.07. The maximum atomic E-state index is 4.20. The third-order valence-corrected chi connectivity index (χ3v) is 7.07. The summed E-state index contributed by atoms with van der Waals surface area (Å²) in [6.45, 7) is 0. The summed E-state index contributed by atoms with van der Waals surface area (Å²) >= 11 is 0. The largest absolute Gasteiger partial charge is 0.285 e. The van der Waals surface area contributed by atoms with Gasteiger partial charge in [0, 0.05) is 35.3 Å². The molecule has 186 valence electrons. The fourth-order valence-corrected chi connectivity index (χ4v) is 5.25. The summed E-state index contributed by atoms with van der Waals surface area (Å²) in [5.41, 5.74) is 13.3. The highest BCUT2D eigenvalue weighted by Gasteiger charge is 2.16. The minimum absolute atomic E-state index is 1.05. The first-order valence-corrected chi connectivity index (χ1v) is 12.8. The molecule has 4 aromatic carbocycles. The van der Waals surface area contributed by atoms with E-state index < -0.39 is 0 Å². The molecule has 6 heteroatoms. The van der Waals surface area contributed by atoms with Gasteiger partial charge in [-0.2, -0.15) is 15.3 Å². The molecule has 0 unspecified atom stereocenters. The van der Waals surface area contributed by atoms with E-state index in [0.717, 1.165) is 66.8 Å². The van der Waals surface area contributed by atoms with E-state index in [9.17, 15) is 0 Å². The van der Waals surface area contributed by atoms with Crippen LogP contribution in [0.4, 0.5) is 0 Å². The number of hydrogen-bond donors (Lipinski definition) is 3. The molecule has 0 saturated heterocycles. The maximum Gasteiger partial charge on any atom is 0.0565 e. The van der Waals surface area contributed by atoms with Gasteiger partial charge in [0.1, 0.15) is 0 Å². The minimum Gasteiger partial charge on any atom is -0.285 e. The average Bonchev–Trinajstić information content (AvgIpc) is 3.81. The molecule has 0 saturated carbocycles. The number of aromatic nitrogens is 6. The van der Waals surface area contributed by atoms with Gasteiger partial charge < -0.3 is 0 Å². The minimum atomic E-state index is 1.05. The summed E-state index contributed by atoms with van der Waals surface area (Å²) < 4.78 is 0. The van der Waals surface area contributed by atoms with Gasteiger partial charge in [-0.3, -0.25) is 15.3 Å². The van der Waals surface area contributed by atoms with E-state index >= 15 is 0 Å². The second kappa shape index (κ2) is 9.76. The molecule has 0 aliphatic rings. The number of rotatable bonds is 6. The Morgan fingerprint density at radius 1 is 0.333 bits per heavy atom. The Hall–Kier alpha value is -5.49. The zero-order chi connectivity index (χ0) is 26.0. The molecule has 7 aromatic rings. The first-order chi connectivity index (χ1) is 19.3. The number of nitrogens with zero attached hydrogens (tertiary/aromatic N) is 3. The Bertz CT molecular complexity index is 1620. The predicted octanol–water partition coefficient (Wildman–Crippen LogP) is 7.86. The lowest BCUT2D eigenvalue weighted by molar-refractivity contribution is 1.09. The van der Waals surface area contributed by atoms with Gasteiger partial charge in [0.25, 0.3) is 0 Å². The summed E-state index contributed by atoms with van der Waals surface area (Å²) in [7, 11) is 0. The summed E-state index contributed by atoms with van der Waals surface area (Å²) in [4.78, 5) is 0. The topological polar surface area (TPSA) is 86.0 Å². The Morgan fingerprint density at radius 2 is 0.590 bits per heavy atom. The third kappa shape index (κ3) is 4.24. The van der Waals surface area contributed by atoms with Crippen molar-refractivity contribution in [2.75, 3.05) is 0 Å². The highest BCUT2D eigenvalue weighted by molar-refractivity contribution is 5.93. The molecular weight excluding hydrogens is 480 g/mol. The van der Waals surface area contributed by atoms with Crippen LogP contribution in [0.25, 0.3) is 66.8 Å². The molecule has 3 N–H and O–H groups in total. The molecule has 0 aliphatic carbocycles. The Balaban J connectivity index is 1.50. The molecule has 0 fully saturated rings. The van der Waals surface area contributed by atoms with E-state index in [2.05, 4.69) is 122 Å². The number of aromatic amines is 3. The molecule has 39 heavy (non-hydrogen) atoms. The van der Waals surface area contributed by atoms with E-state index in [-0.39, 0.29) is 0 Å². The second-order valence-electron chi connectivity index (χ2n) is 9.40. The zero-order valence-corrected chi connectivity index (χ0v) is 21.0. The van der Waals surface area contributed by atoms with Gasteiger partial charge in [-0.1, -0.05) is 72.8 Å². The van der Waals surface area contributed by atoms with Crippen molar-refractivity contribution in [2.24, 2.45) is 0 Å². The van der Waals surface area contributed by atoms with E-state index in [1.54, 1.807) is 0 Å². The van der Waals surface area contributed by atoms with Crippen LogP contribution in [0.2, 0.25) is 0 Å². The lowest BCUT2D eigenvalue weighted by Gasteiger charge is -2.16. The Morgan fingerprint density at radius 3 is 0.821 bits per heavy atom. The van der Waals surface area contributed by atoms with Crippen LogP contribution in [0.15, 0.2) is 128 Å². The molecular formula is C33H24N6. The van der Waals surface area contributed by atoms with Gasteiger partial charge in [-0.05, 0) is 68.3 Å². The van der Waals surface area contributed by atoms with Gasteiger partial charge >= 0.3 is 0 Å². The highest BCUT2D eigenvalue weighted by atomic mass is 15.1. The molecule has 0 bridgehead atoms. The van der Waals surface area contributed by atoms with E-state index in [1.165, 1.54) is 0 Å². The van der Waals surface area contributed by atoms with Gasteiger partial charge in [-0.25, -0.2) is 0 Å². The SMILES string of the molecule is c1ccc(-c2cc(-c3ccccc3-c3cn[nH]c3)cc(-c3ccccc3-c3cn[nH]c3)c2)c(-c2cn[nH]c2)c1. The van der Waals surface area contributed by atoms with Crippen LogP contribution in [-0.4, -0.2) is 30.6 Å². The normalized spacial score (nSPS) is 11.1. The zero-order valence-electron chi connectivity index (χ0n) is 21.0. The van der Waals surface area contributed by atoms with Crippen molar-refractivity contribution in [1.29, 1.82) is 0 Å². The van der Waals surface area contributed by atoms with Crippen molar-refractivity contribution in [3.8, 4) is 66.8 Å². The number of H-pyrrole nitrogens is 3. The number of hydrogen-bond acceptors (Lipinski definition) is 3. The fraction of sp³-hybridized carbons (Fsp3) is 0. The average molecular weight is 505 g/mol. The fourth-order valence-electron chi connectivity index (χ4n) is 5.25.